The first-order chi connectivity index (χ1) is 13.1. The fraction of sp³-hybridized carbons (Fsp3) is 0.381. The summed E-state index contributed by atoms with van der Waals surface area (Å²) in [6.45, 7) is 7.64. The molecule has 144 valence electrons. The molecule has 0 N–H and O–H groups in total. The number of rotatable bonds is 8. The molecule has 3 aromatic rings. The molecule has 0 saturated heterocycles. The third-order valence-electron chi connectivity index (χ3n) is 4.73. The van der Waals surface area contributed by atoms with Gasteiger partial charge in [0, 0.05) is 12.6 Å². The Morgan fingerprint density at radius 1 is 1.00 bits per heavy atom. The average molecular weight is 371 g/mol. The van der Waals surface area contributed by atoms with E-state index in [0.717, 1.165) is 19.6 Å². The Hall–Kier alpha value is -2.73. The molecule has 0 aliphatic rings. The highest BCUT2D eigenvalue weighted by Gasteiger charge is 2.16. The van der Waals surface area contributed by atoms with Crippen LogP contribution in [0.25, 0.3) is 21.9 Å². The minimum absolute atomic E-state index is 0.109. The van der Waals surface area contributed by atoms with E-state index in [1.54, 1.807) is 37.4 Å². The number of benzene rings is 2. The molecule has 2 aromatic carbocycles. The van der Waals surface area contributed by atoms with E-state index in [2.05, 4.69) is 18.7 Å². The lowest BCUT2D eigenvalue weighted by Crippen LogP contribution is -2.27. The van der Waals surface area contributed by atoms with E-state index in [0.29, 0.717) is 45.8 Å². The van der Waals surface area contributed by atoms with Crippen LogP contribution in [0.15, 0.2) is 39.5 Å². The molecule has 27 heavy (non-hydrogen) atoms. The number of methoxy groups -OCH3 is 2. The molecule has 0 amide bonds. The summed E-state index contributed by atoms with van der Waals surface area (Å²) in [7, 11) is 3.07. The minimum Gasteiger partial charge on any atom is -0.493 e. The first kappa shape index (κ1) is 19.0. The SMILES string of the molecule is CCN(CC)CCOc1ccc2c(=O)c3ccc(OC)c(OC)c3oc2c1. The number of fused-ring (bicyclic) bond motifs is 2. The molecule has 0 bridgehead atoms. The van der Waals surface area contributed by atoms with E-state index in [-0.39, 0.29) is 5.43 Å². The van der Waals surface area contributed by atoms with Gasteiger partial charge in [0.2, 0.25) is 11.2 Å². The molecular weight excluding hydrogens is 346 g/mol. The standard InChI is InChI=1S/C21H25NO5/c1-5-22(6-2)11-12-26-14-7-8-15-18(13-14)27-20-16(19(15)23)9-10-17(24-3)21(20)25-4/h7-10,13H,5-6,11-12H2,1-4H3. The van der Waals surface area contributed by atoms with E-state index < -0.39 is 0 Å². The topological polar surface area (TPSA) is 61.1 Å². The number of hydrogen-bond donors (Lipinski definition) is 0. The highest BCUT2D eigenvalue weighted by Crippen LogP contribution is 2.36. The highest BCUT2D eigenvalue weighted by atomic mass is 16.5. The number of nitrogens with zero attached hydrogens (tertiary/aromatic N) is 1. The van der Waals surface area contributed by atoms with Gasteiger partial charge >= 0.3 is 0 Å². The third kappa shape index (κ3) is 3.71. The second-order valence-corrected chi connectivity index (χ2v) is 6.14. The van der Waals surface area contributed by atoms with Crippen molar-refractivity contribution in [1.29, 1.82) is 0 Å². The van der Waals surface area contributed by atoms with Crippen molar-refractivity contribution >= 4 is 21.9 Å². The molecule has 6 heteroatoms. The molecule has 0 spiro atoms. The van der Waals surface area contributed by atoms with Crippen LogP contribution in [0.5, 0.6) is 17.2 Å². The minimum atomic E-state index is -0.109. The third-order valence-corrected chi connectivity index (χ3v) is 4.73. The van der Waals surface area contributed by atoms with Crippen molar-refractivity contribution in [2.24, 2.45) is 0 Å². The molecule has 1 aromatic heterocycles. The smallest absolute Gasteiger partial charge is 0.204 e. The van der Waals surface area contributed by atoms with Crippen LogP contribution in [0.1, 0.15) is 13.8 Å². The van der Waals surface area contributed by atoms with Crippen LogP contribution in [-0.4, -0.2) is 45.4 Å². The molecule has 1 heterocycles. The van der Waals surface area contributed by atoms with Gasteiger partial charge in [-0.05, 0) is 37.4 Å². The van der Waals surface area contributed by atoms with Gasteiger partial charge in [0.25, 0.3) is 0 Å². The van der Waals surface area contributed by atoms with Gasteiger partial charge in [-0.2, -0.15) is 0 Å². The zero-order valence-corrected chi connectivity index (χ0v) is 16.2. The normalized spacial score (nSPS) is 11.3. The zero-order valence-electron chi connectivity index (χ0n) is 16.2. The summed E-state index contributed by atoms with van der Waals surface area (Å²) in [4.78, 5) is 15.1. The van der Waals surface area contributed by atoms with E-state index in [1.807, 2.05) is 0 Å². The van der Waals surface area contributed by atoms with E-state index in [1.165, 1.54) is 7.11 Å². The molecule has 0 fully saturated rings. The molecule has 0 saturated carbocycles. The number of likely N-dealkylation sites (N-methyl/N-ethyl adjacent to an activating group) is 1. The van der Waals surface area contributed by atoms with Gasteiger partial charge in [-0.1, -0.05) is 13.8 Å². The van der Waals surface area contributed by atoms with Crippen molar-refractivity contribution < 1.29 is 18.6 Å². The summed E-state index contributed by atoms with van der Waals surface area (Å²) >= 11 is 0. The van der Waals surface area contributed by atoms with Gasteiger partial charge in [0.15, 0.2) is 11.3 Å². The lowest BCUT2D eigenvalue weighted by Gasteiger charge is -2.18. The van der Waals surface area contributed by atoms with Gasteiger partial charge in [0.05, 0.1) is 25.0 Å². The summed E-state index contributed by atoms with van der Waals surface area (Å²) in [5, 5.41) is 0.959. The summed E-state index contributed by atoms with van der Waals surface area (Å²) in [5.74, 6) is 1.58. The second kappa shape index (κ2) is 8.31. The Morgan fingerprint density at radius 2 is 1.74 bits per heavy atom. The predicted molar refractivity (Wildman–Crippen MR) is 106 cm³/mol. The Morgan fingerprint density at radius 3 is 2.41 bits per heavy atom. The number of hydrogen-bond acceptors (Lipinski definition) is 6. The van der Waals surface area contributed by atoms with Crippen LogP contribution in [0.4, 0.5) is 0 Å². The average Bonchev–Trinajstić information content (AvgIpc) is 2.70. The molecule has 6 nitrogen and oxygen atoms in total. The first-order valence-corrected chi connectivity index (χ1v) is 9.09. The summed E-state index contributed by atoms with van der Waals surface area (Å²) in [6.07, 6.45) is 0. The lowest BCUT2D eigenvalue weighted by atomic mass is 10.1. The van der Waals surface area contributed by atoms with Crippen molar-refractivity contribution in [3.8, 4) is 17.2 Å². The Balaban J connectivity index is 2.00. The Labute approximate surface area is 158 Å². The van der Waals surface area contributed by atoms with Crippen LogP contribution >= 0.6 is 0 Å². The van der Waals surface area contributed by atoms with E-state index in [4.69, 9.17) is 18.6 Å². The van der Waals surface area contributed by atoms with Gasteiger partial charge < -0.3 is 23.5 Å². The van der Waals surface area contributed by atoms with Crippen molar-refractivity contribution in [3.63, 3.8) is 0 Å². The largest absolute Gasteiger partial charge is 0.493 e. The fourth-order valence-corrected chi connectivity index (χ4v) is 3.13. The molecule has 0 aliphatic carbocycles. The van der Waals surface area contributed by atoms with Crippen LogP contribution in [0.3, 0.4) is 0 Å². The quantitative estimate of drug-likeness (QED) is 0.563. The maximum absolute atomic E-state index is 12.8. The predicted octanol–water partition coefficient (Wildman–Crippen LogP) is 3.68. The summed E-state index contributed by atoms with van der Waals surface area (Å²) < 4.78 is 22.6. The van der Waals surface area contributed by atoms with Crippen molar-refractivity contribution in [3.05, 3.63) is 40.6 Å². The van der Waals surface area contributed by atoms with Crippen LogP contribution in [-0.2, 0) is 0 Å². The van der Waals surface area contributed by atoms with Crippen molar-refractivity contribution in [2.45, 2.75) is 13.8 Å². The first-order valence-electron chi connectivity index (χ1n) is 9.09. The van der Waals surface area contributed by atoms with E-state index >= 15 is 0 Å². The van der Waals surface area contributed by atoms with E-state index in [9.17, 15) is 4.79 Å². The zero-order chi connectivity index (χ0) is 19.4. The van der Waals surface area contributed by atoms with Crippen molar-refractivity contribution in [2.75, 3.05) is 40.5 Å². The van der Waals surface area contributed by atoms with Crippen LogP contribution in [0, 0.1) is 0 Å². The van der Waals surface area contributed by atoms with Gasteiger partial charge in [-0.25, -0.2) is 0 Å². The van der Waals surface area contributed by atoms with Crippen molar-refractivity contribution in [1.82, 2.24) is 4.90 Å². The van der Waals surface area contributed by atoms with Crippen LogP contribution in [0.2, 0.25) is 0 Å². The summed E-state index contributed by atoms with van der Waals surface area (Å²) in [5.41, 5.74) is 0.718. The second-order valence-electron chi connectivity index (χ2n) is 6.14. The molecule has 3 rings (SSSR count). The summed E-state index contributed by atoms with van der Waals surface area (Å²) in [6, 6.07) is 8.68. The van der Waals surface area contributed by atoms with Gasteiger partial charge in [-0.15, -0.1) is 0 Å². The maximum atomic E-state index is 12.8. The maximum Gasteiger partial charge on any atom is 0.204 e. The molecule has 0 unspecified atom stereocenters. The Bertz CT molecular complexity index is 991. The van der Waals surface area contributed by atoms with Gasteiger partial charge in [-0.3, -0.25) is 4.79 Å². The fourth-order valence-electron chi connectivity index (χ4n) is 3.13. The van der Waals surface area contributed by atoms with Gasteiger partial charge in [0.1, 0.15) is 17.9 Å². The molecular formula is C21H25NO5. The molecule has 0 radical (unpaired) electrons. The number of ether oxygens (including phenoxy) is 3. The molecule has 0 aliphatic heterocycles. The molecule has 0 atom stereocenters. The van der Waals surface area contributed by atoms with Crippen LogP contribution < -0.4 is 19.6 Å². The highest BCUT2D eigenvalue weighted by molar-refractivity contribution is 5.94. The Kier molecular flexibility index (Phi) is 5.86. The lowest BCUT2D eigenvalue weighted by molar-refractivity contribution is 0.223. The monoisotopic (exact) mass is 371 g/mol.